The number of para-hydroxylation sites is 2. The molecule has 0 unspecified atom stereocenters. The van der Waals surface area contributed by atoms with E-state index in [1.807, 2.05) is 59.5 Å². The highest BCUT2D eigenvalue weighted by atomic mass is 35.5. The molecule has 0 bridgehead atoms. The molecular weight excluding hydrogens is 610 g/mol. The highest BCUT2D eigenvalue weighted by Gasteiger charge is 2.25. The molecule has 0 atom stereocenters. The maximum Gasteiger partial charge on any atom is 0.253 e. The van der Waals surface area contributed by atoms with Crippen molar-refractivity contribution in [3.05, 3.63) is 94.1 Å². The number of benzene rings is 3. The fourth-order valence-corrected chi connectivity index (χ4v) is 6.88. The molecule has 0 saturated carbocycles. The second kappa shape index (κ2) is 13.9. The summed E-state index contributed by atoms with van der Waals surface area (Å²) in [6.07, 6.45) is 0.857. The van der Waals surface area contributed by atoms with Crippen LogP contribution in [0.25, 0.3) is 0 Å². The van der Waals surface area contributed by atoms with E-state index in [1.54, 1.807) is 21.3 Å². The molecule has 234 valence electrons. The molecule has 3 aromatic carbocycles. The van der Waals surface area contributed by atoms with Crippen molar-refractivity contribution in [2.24, 2.45) is 0 Å². The monoisotopic (exact) mass is 645 g/mol. The van der Waals surface area contributed by atoms with Gasteiger partial charge < -0.3 is 28.9 Å². The third-order valence-corrected chi connectivity index (χ3v) is 9.35. The lowest BCUT2D eigenvalue weighted by molar-refractivity contribution is 0.0746. The summed E-state index contributed by atoms with van der Waals surface area (Å²) < 4.78 is 16.5. The van der Waals surface area contributed by atoms with Crippen LogP contribution < -0.4 is 24.0 Å². The van der Waals surface area contributed by atoms with E-state index in [4.69, 9.17) is 30.8 Å². The quantitative estimate of drug-likeness (QED) is 0.124. The number of amides is 1. The van der Waals surface area contributed by atoms with Crippen LogP contribution in [0.4, 0.5) is 11.5 Å². The van der Waals surface area contributed by atoms with E-state index in [9.17, 15) is 4.79 Å². The zero-order valence-corrected chi connectivity index (χ0v) is 27.2. The molecule has 6 rings (SSSR count). The Balaban J connectivity index is 1.09. The third-order valence-electron chi connectivity index (χ3n) is 8.24. The van der Waals surface area contributed by atoms with Gasteiger partial charge in [-0.3, -0.25) is 4.79 Å². The molecule has 11 heteroatoms. The van der Waals surface area contributed by atoms with E-state index in [-0.39, 0.29) is 5.91 Å². The van der Waals surface area contributed by atoms with Crippen LogP contribution in [0.1, 0.15) is 27.0 Å². The van der Waals surface area contributed by atoms with Crippen molar-refractivity contribution in [2.45, 2.75) is 23.9 Å². The number of hydrogen-bond donors (Lipinski definition) is 0. The molecule has 2 aliphatic heterocycles. The van der Waals surface area contributed by atoms with Gasteiger partial charge in [0.25, 0.3) is 5.91 Å². The molecule has 1 fully saturated rings. The number of methoxy groups -OCH3 is 3. The molecule has 0 radical (unpaired) electrons. The minimum atomic E-state index is 0.0439. The lowest BCUT2D eigenvalue weighted by Gasteiger charge is -2.36. The van der Waals surface area contributed by atoms with Gasteiger partial charge in [0.05, 0.1) is 27.0 Å². The fraction of sp³-hybridized carbons (Fsp3) is 0.324. The van der Waals surface area contributed by atoms with Gasteiger partial charge in [0, 0.05) is 56.7 Å². The first kappa shape index (κ1) is 30.9. The van der Waals surface area contributed by atoms with Crippen LogP contribution in [0.3, 0.4) is 0 Å². The van der Waals surface area contributed by atoms with Gasteiger partial charge in [-0.15, -0.1) is 0 Å². The Kier molecular flexibility index (Phi) is 9.51. The molecule has 2 aliphatic rings. The lowest BCUT2D eigenvalue weighted by atomic mass is 9.99. The third kappa shape index (κ3) is 6.92. The largest absolute Gasteiger partial charge is 0.495 e. The molecule has 1 saturated heterocycles. The summed E-state index contributed by atoms with van der Waals surface area (Å²) in [5, 5.41) is 0.997. The number of nitrogens with zero attached hydrogens (tertiary/aromatic N) is 5. The van der Waals surface area contributed by atoms with Crippen molar-refractivity contribution in [1.82, 2.24) is 14.9 Å². The summed E-state index contributed by atoms with van der Waals surface area (Å²) >= 11 is 7.98. The van der Waals surface area contributed by atoms with Crippen LogP contribution in [0.15, 0.2) is 71.9 Å². The molecule has 45 heavy (non-hydrogen) atoms. The summed E-state index contributed by atoms with van der Waals surface area (Å²) in [5.74, 6) is 3.75. The number of rotatable bonds is 9. The smallest absolute Gasteiger partial charge is 0.253 e. The molecule has 3 heterocycles. The molecule has 1 amide bonds. The topological polar surface area (TPSA) is 80.3 Å². The maximum atomic E-state index is 13.4. The maximum absolute atomic E-state index is 13.4. The van der Waals surface area contributed by atoms with Gasteiger partial charge in [-0.05, 0) is 59.5 Å². The Bertz CT molecular complexity index is 1680. The van der Waals surface area contributed by atoms with Gasteiger partial charge in [-0.1, -0.05) is 47.6 Å². The van der Waals surface area contributed by atoms with Gasteiger partial charge in [0.2, 0.25) is 0 Å². The number of carbonyl (C=O) groups is 1. The molecule has 0 aliphatic carbocycles. The van der Waals surface area contributed by atoms with E-state index in [0.717, 1.165) is 54.6 Å². The number of thioether (sulfide) groups is 1. The van der Waals surface area contributed by atoms with Crippen LogP contribution in [-0.2, 0) is 18.7 Å². The molecule has 4 aromatic rings. The number of ether oxygens (including phenoxy) is 3. The molecular formula is C34H36ClN5O4S. The number of carbonyl (C=O) groups excluding carboxylic acids is 1. The second-order valence-electron chi connectivity index (χ2n) is 10.9. The summed E-state index contributed by atoms with van der Waals surface area (Å²) in [5.41, 5.74) is 5.18. The number of anilines is 2. The first-order valence-electron chi connectivity index (χ1n) is 14.9. The van der Waals surface area contributed by atoms with Crippen LogP contribution >= 0.6 is 23.4 Å². The Labute approximate surface area is 273 Å². The number of aromatic nitrogens is 2. The van der Waals surface area contributed by atoms with Crippen LogP contribution in [0.2, 0.25) is 5.15 Å². The highest BCUT2D eigenvalue weighted by Crippen LogP contribution is 2.35. The van der Waals surface area contributed by atoms with Crippen molar-refractivity contribution < 1.29 is 19.0 Å². The standard InChI is InChI=1S/C34H36ClN5O4S/c1-42-28-10-5-4-9-27(28)38-13-15-39(16-14-38)33(41)25-8-6-7-23(17-25)22-45-34-36-31(35)20-32(37-34)40-12-11-24-18-29(43-2)30(44-3)19-26(24)21-40/h4-10,17-20H,11-16,21-22H2,1-3H3. The van der Waals surface area contributed by atoms with Gasteiger partial charge >= 0.3 is 0 Å². The molecule has 9 nitrogen and oxygen atoms in total. The zero-order valence-electron chi connectivity index (χ0n) is 25.7. The zero-order chi connectivity index (χ0) is 31.3. The van der Waals surface area contributed by atoms with Crippen LogP contribution in [0.5, 0.6) is 17.2 Å². The average molecular weight is 646 g/mol. The SMILES string of the molecule is COc1cc2c(cc1OC)CN(c1cc(Cl)nc(SCc3cccc(C(=O)N4CCN(c5ccccc5OC)CC4)c3)n1)CC2. The normalized spacial score (nSPS) is 14.6. The summed E-state index contributed by atoms with van der Waals surface area (Å²) in [7, 11) is 4.99. The summed E-state index contributed by atoms with van der Waals surface area (Å²) in [4.78, 5) is 29.2. The fourth-order valence-electron chi connectivity index (χ4n) is 5.86. The van der Waals surface area contributed by atoms with Crippen molar-refractivity contribution in [3.8, 4) is 17.2 Å². The van der Waals surface area contributed by atoms with E-state index < -0.39 is 0 Å². The van der Waals surface area contributed by atoms with E-state index >= 15 is 0 Å². The minimum Gasteiger partial charge on any atom is -0.495 e. The van der Waals surface area contributed by atoms with Crippen molar-refractivity contribution in [3.63, 3.8) is 0 Å². The Hall–Kier alpha value is -4.15. The molecule has 0 spiro atoms. The predicted octanol–water partition coefficient (Wildman–Crippen LogP) is 5.97. The molecule has 1 aromatic heterocycles. The van der Waals surface area contributed by atoms with Gasteiger partial charge in [-0.25, -0.2) is 9.97 Å². The van der Waals surface area contributed by atoms with Gasteiger partial charge in [0.15, 0.2) is 16.7 Å². The van der Waals surface area contributed by atoms with Crippen molar-refractivity contribution in [2.75, 3.05) is 63.9 Å². The number of piperazine rings is 1. The predicted molar refractivity (Wildman–Crippen MR) is 178 cm³/mol. The molecule has 0 N–H and O–H groups in total. The first-order valence-corrected chi connectivity index (χ1v) is 16.2. The van der Waals surface area contributed by atoms with E-state index in [1.165, 1.54) is 22.9 Å². The minimum absolute atomic E-state index is 0.0439. The Morgan fingerprint density at radius 2 is 1.53 bits per heavy atom. The van der Waals surface area contributed by atoms with Crippen LogP contribution in [0, 0.1) is 0 Å². The number of fused-ring (bicyclic) bond motifs is 1. The highest BCUT2D eigenvalue weighted by molar-refractivity contribution is 7.98. The Morgan fingerprint density at radius 3 is 2.29 bits per heavy atom. The Morgan fingerprint density at radius 1 is 0.800 bits per heavy atom. The average Bonchev–Trinajstić information content (AvgIpc) is 3.09. The summed E-state index contributed by atoms with van der Waals surface area (Å²) in [6, 6.07) is 21.7. The number of halogens is 1. The van der Waals surface area contributed by atoms with E-state index in [0.29, 0.717) is 47.0 Å². The second-order valence-corrected chi connectivity index (χ2v) is 12.2. The van der Waals surface area contributed by atoms with Gasteiger partial charge in [0.1, 0.15) is 16.7 Å². The van der Waals surface area contributed by atoms with Crippen LogP contribution in [-0.4, -0.2) is 74.8 Å². The van der Waals surface area contributed by atoms with E-state index in [2.05, 4.69) is 26.9 Å². The van der Waals surface area contributed by atoms with Crippen molar-refractivity contribution >= 4 is 40.8 Å². The van der Waals surface area contributed by atoms with Gasteiger partial charge in [-0.2, -0.15) is 0 Å². The number of hydrogen-bond acceptors (Lipinski definition) is 9. The van der Waals surface area contributed by atoms with Crippen molar-refractivity contribution in [1.29, 1.82) is 0 Å². The first-order chi connectivity index (χ1) is 21.9. The lowest BCUT2D eigenvalue weighted by Crippen LogP contribution is -2.48. The summed E-state index contributed by atoms with van der Waals surface area (Å²) in [6.45, 7) is 4.29.